The zero-order valence-electron chi connectivity index (χ0n) is 18.6. The number of nitrogens with one attached hydrogen (secondary N) is 2. The first-order valence-corrected chi connectivity index (χ1v) is 12.8. The summed E-state index contributed by atoms with van der Waals surface area (Å²) in [6.07, 6.45) is 7.06. The van der Waals surface area contributed by atoms with Crippen molar-refractivity contribution in [3.05, 3.63) is 53.6 Å². The van der Waals surface area contributed by atoms with Crippen molar-refractivity contribution in [2.24, 2.45) is 17.8 Å². The van der Waals surface area contributed by atoms with Crippen LogP contribution in [0, 0.1) is 24.7 Å². The van der Waals surface area contributed by atoms with Crippen LogP contribution >= 0.6 is 0 Å². The number of aryl methyl sites for hydroxylation is 1. The number of rotatable bonds is 6. The van der Waals surface area contributed by atoms with Gasteiger partial charge in [-0.05, 0) is 93.0 Å². The standard InChI is InChI=1S/C25H30N2O4S/c1-16-7-8-20(12-23(16)32(29,30)27-21-5-3-4-6-22(21)31-2)24(28)26-25-13-17-9-18(14-25)11-19(10-17)15-25/h3-8,12,17-19,27H,9-11,13-15H2,1-2H3,(H,26,28). The molecule has 2 N–H and O–H groups in total. The molecule has 0 radical (unpaired) electrons. The van der Waals surface area contributed by atoms with Gasteiger partial charge in [-0.2, -0.15) is 0 Å². The van der Waals surface area contributed by atoms with Crippen LogP contribution in [0.15, 0.2) is 47.4 Å². The fraction of sp³-hybridized carbons (Fsp3) is 0.480. The molecule has 7 heteroatoms. The topological polar surface area (TPSA) is 84.5 Å². The number of ether oxygens (including phenoxy) is 1. The van der Waals surface area contributed by atoms with E-state index >= 15 is 0 Å². The smallest absolute Gasteiger partial charge is 0.262 e. The van der Waals surface area contributed by atoms with E-state index in [2.05, 4.69) is 10.0 Å². The Morgan fingerprint density at radius 2 is 1.62 bits per heavy atom. The van der Waals surface area contributed by atoms with Crippen LogP contribution < -0.4 is 14.8 Å². The van der Waals surface area contributed by atoms with Crippen LogP contribution in [0.4, 0.5) is 5.69 Å². The van der Waals surface area contributed by atoms with E-state index in [1.807, 2.05) is 0 Å². The Kier molecular flexibility index (Phi) is 5.19. The van der Waals surface area contributed by atoms with Gasteiger partial charge in [0.1, 0.15) is 5.75 Å². The average molecular weight is 455 g/mol. The molecule has 2 aromatic rings. The lowest BCUT2D eigenvalue weighted by Crippen LogP contribution is -2.59. The zero-order valence-corrected chi connectivity index (χ0v) is 19.4. The molecule has 0 aliphatic heterocycles. The van der Waals surface area contributed by atoms with Gasteiger partial charge in [-0.1, -0.05) is 18.2 Å². The number of carbonyl (C=O) groups is 1. The van der Waals surface area contributed by atoms with E-state index in [1.54, 1.807) is 43.3 Å². The molecule has 6 nitrogen and oxygen atoms in total. The highest BCUT2D eigenvalue weighted by Gasteiger charge is 2.51. The second-order valence-corrected chi connectivity index (χ2v) is 11.6. The van der Waals surface area contributed by atoms with Crippen LogP contribution in [0.1, 0.15) is 54.4 Å². The molecule has 4 aliphatic carbocycles. The third kappa shape index (κ3) is 3.87. The third-order valence-corrected chi connectivity index (χ3v) is 9.02. The molecule has 0 unspecified atom stereocenters. The number of amides is 1. The number of para-hydroxylation sites is 2. The van der Waals surface area contributed by atoms with Gasteiger partial charge in [0.2, 0.25) is 0 Å². The summed E-state index contributed by atoms with van der Waals surface area (Å²) in [4.78, 5) is 13.3. The summed E-state index contributed by atoms with van der Waals surface area (Å²) < 4.78 is 34.2. The quantitative estimate of drug-likeness (QED) is 0.673. The van der Waals surface area contributed by atoms with Crippen LogP contribution in [-0.4, -0.2) is 27.0 Å². The molecule has 4 fully saturated rings. The number of anilines is 1. The van der Waals surface area contributed by atoms with Gasteiger partial charge in [-0.3, -0.25) is 9.52 Å². The molecule has 4 aliphatic rings. The summed E-state index contributed by atoms with van der Waals surface area (Å²) in [6, 6.07) is 11.8. The highest BCUT2D eigenvalue weighted by Crippen LogP contribution is 2.55. The monoisotopic (exact) mass is 454 g/mol. The molecule has 6 rings (SSSR count). The summed E-state index contributed by atoms with van der Waals surface area (Å²) in [5.74, 6) is 2.42. The highest BCUT2D eigenvalue weighted by atomic mass is 32.2. The summed E-state index contributed by atoms with van der Waals surface area (Å²) in [6.45, 7) is 1.73. The van der Waals surface area contributed by atoms with E-state index in [4.69, 9.17) is 4.74 Å². The van der Waals surface area contributed by atoms with Gasteiger partial charge in [0, 0.05) is 11.1 Å². The predicted molar refractivity (Wildman–Crippen MR) is 123 cm³/mol. The van der Waals surface area contributed by atoms with E-state index < -0.39 is 10.0 Å². The molecule has 0 atom stereocenters. The molecule has 4 saturated carbocycles. The lowest BCUT2D eigenvalue weighted by molar-refractivity contribution is -0.0167. The second-order valence-electron chi connectivity index (χ2n) is 9.94. The van der Waals surface area contributed by atoms with Crippen LogP contribution in [0.25, 0.3) is 0 Å². The van der Waals surface area contributed by atoms with Gasteiger partial charge in [-0.15, -0.1) is 0 Å². The molecule has 0 spiro atoms. The van der Waals surface area contributed by atoms with Crippen LogP contribution in [0.5, 0.6) is 5.75 Å². The van der Waals surface area contributed by atoms with Crippen molar-refractivity contribution in [1.29, 1.82) is 0 Å². The van der Waals surface area contributed by atoms with Crippen molar-refractivity contribution in [2.45, 2.75) is 55.9 Å². The number of sulfonamides is 1. The van der Waals surface area contributed by atoms with Gasteiger partial charge in [0.25, 0.3) is 15.9 Å². The largest absolute Gasteiger partial charge is 0.495 e. The Balaban J connectivity index is 1.39. The maximum atomic E-state index is 13.2. The lowest BCUT2D eigenvalue weighted by atomic mass is 9.53. The molecule has 32 heavy (non-hydrogen) atoms. The zero-order chi connectivity index (χ0) is 22.5. The average Bonchev–Trinajstić information content (AvgIpc) is 2.72. The van der Waals surface area contributed by atoms with Gasteiger partial charge in [0.05, 0.1) is 17.7 Å². The van der Waals surface area contributed by atoms with Gasteiger partial charge in [-0.25, -0.2) is 8.42 Å². The molecule has 4 bridgehead atoms. The first-order valence-electron chi connectivity index (χ1n) is 11.4. The molecule has 0 aromatic heterocycles. The first kappa shape index (κ1) is 21.3. The fourth-order valence-corrected chi connectivity index (χ4v) is 7.88. The van der Waals surface area contributed by atoms with Gasteiger partial charge >= 0.3 is 0 Å². The molecule has 170 valence electrons. The number of hydrogen-bond donors (Lipinski definition) is 2. The molecular formula is C25H30N2O4S. The highest BCUT2D eigenvalue weighted by molar-refractivity contribution is 7.92. The normalized spacial score (nSPS) is 28.4. The molecule has 0 heterocycles. The van der Waals surface area contributed by atoms with Crippen molar-refractivity contribution in [2.75, 3.05) is 11.8 Å². The summed E-state index contributed by atoms with van der Waals surface area (Å²) in [5.41, 5.74) is 1.20. The SMILES string of the molecule is COc1ccccc1NS(=O)(=O)c1cc(C(=O)NC23CC4CC(CC(C4)C2)C3)ccc1C. The Morgan fingerprint density at radius 1 is 1.00 bits per heavy atom. The summed E-state index contributed by atoms with van der Waals surface area (Å²) >= 11 is 0. The maximum absolute atomic E-state index is 13.2. The van der Waals surface area contributed by atoms with E-state index in [9.17, 15) is 13.2 Å². The van der Waals surface area contributed by atoms with Crippen molar-refractivity contribution >= 4 is 21.6 Å². The van der Waals surface area contributed by atoms with Crippen LogP contribution in [0.2, 0.25) is 0 Å². The van der Waals surface area contributed by atoms with E-state index in [-0.39, 0.29) is 16.3 Å². The van der Waals surface area contributed by atoms with E-state index in [0.29, 0.717) is 22.6 Å². The van der Waals surface area contributed by atoms with Crippen molar-refractivity contribution in [3.63, 3.8) is 0 Å². The first-order chi connectivity index (χ1) is 15.3. The van der Waals surface area contributed by atoms with Crippen LogP contribution in [0.3, 0.4) is 0 Å². The second kappa shape index (κ2) is 7.80. The van der Waals surface area contributed by atoms with Gasteiger partial charge in [0.15, 0.2) is 0 Å². The van der Waals surface area contributed by atoms with E-state index in [1.165, 1.54) is 32.4 Å². The third-order valence-electron chi connectivity index (χ3n) is 7.51. The Hall–Kier alpha value is -2.54. The number of methoxy groups -OCH3 is 1. The summed E-state index contributed by atoms with van der Waals surface area (Å²) in [5, 5.41) is 3.33. The fourth-order valence-electron chi connectivity index (χ4n) is 6.54. The molecule has 0 saturated heterocycles. The van der Waals surface area contributed by atoms with E-state index in [0.717, 1.165) is 37.0 Å². The van der Waals surface area contributed by atoms with Crippen molar-refractivity contribution in [3.8, 4) is 5.75 Å². The van der Waals surface area contributed by atoms with Crippen LogP contribution in [-0.2, 0) is 10.0 Å². The minimum atomic E-state index is -3.90. The molecule has 2 aromatic carbocycles. The minimum Gasteiger partial charge on any atom is -0.495 e. The number of benzene rings is 2. The maximum Gasteiger partial charge on any atom is 0.262 e. The molecular weight excluding hydrogens is 424 g/mol. The molecule has 1 amide bonds. The van der Waals surface area contributed by atoms with Gasteiger partial charge < -0.3 is 10.1 Å². The van der Waals surface area contributed by atoms with Crippen molar-refractivity contribution in [1.82, 2.24) is 5.32 Å². The Labute approximate surface area is 189 Å². The minimum absolute atomic E-state index is 0.0987. The number of hydrogen-bond acceptors (Lipinski definition) is 4. The Bertz CT molecular complexity index is 1120. The van der Waals surface area contributed by atoms with Crippen molar-refractivity contribution < 1.29 is 17.9 Å². The predicted octanol–water partition coefficient (Wildman–Crippen LogP) is 4.50. The summed E-state index contributed by atoms with van der Waals surface area (Å²) in [7, 11) is -2.40. The lowest BCUT2D eigenvalue weighted by Gasteiger charge is -2.56. The number of carbonyl (C=O) groups excluding carboxylic acids is 1. The Morgan fingerprint density at radius 3 is 2.25 bits per heavy atom.